The smallest absolute Gasteiger partial charge is 0.137 e. The summed E-state index contributed by atoms with van der Waals surface area (Å²) in [6.45, 7) is 1.93. The van der Waals surface area contributed by atoms with Crippen molar-refractivity contribution in [2.24, 2.45) is 0 Å². The van der Waals surface area contributed by atoms with E-state index in [9.17, 15) is 0 Å². The molecule has 2 heterocycles. The van der Waals surface area contributed by atoms with E-state index in [-0.39, 0.29) is 0 Å². The van der Waals surface area contributed by atoms with Crippen LogP contribution in [0.5, 0.6) is 0 Å². The minimum absolute atomic E-state index is 0.466. The molecule has 0 aliphatic heterocycles. The molecule has 2 rings (SSSR count). The zero-order valence-electron chi connectivity index (χ0n) is 8.31. The van der Waals surface area contributed by atoms with Gasteiger partial charge in [0, 0.05) is 28.5 Å². The van der Waals surface area contributed by atoms with Gasteiger partial charge in [0.05, 0.1) is 0 Å². The fraction of sp³-hybridized carbons (Fsp3) is 0.0909. The molecule has 2 aromatic rings. The molecule has 0 radical (unpaired) electrons. The quantitative estimate of drug-likeness (QED) is 0.721. The summed E-state index contributed by atoms with van der Waals surface area (Å²) in [5.41, 5.74) is 8.68. The molecular formula is C11H11N3S. The molecule has 0 aliphatic rings. The average molecular weight is 217 g/mol. The number of nitrogens with zero attached hydrogens (tertiary/aromatic N) is 2. The van der Waals surface area contributed by atoms with E-state index < -0.39 is 0 Å². The molecular weight excluding hydrogens is 206 g/mol. The SMILES string of the molecule is Cc1nc(N)c(S)cc1-c1ccncc1. The summed E-state index contributed by atoms with van der Waals surface area (Å²) in [5.74, 6) is 0.466. The molecule has 0 spiro atoms. The maximum Gasteiger partial charge on any atom is 0.137 e. The molecule has 0 amide bonds. The molecule has 0 fully saturated rings. The van der Waals surface area contributed by atoms with E-state index in [0.717, 1.165) is 16.8 Å². The number of rotatable bonds is 1. The van der Waals surface area contributed by atoms with Crippen molar-refractivity contribution >= 4 is 18.4 Å². The van der Waals surface area contributed by atoms with Gasteiger partial charge in [-0.1, -0.05) is 0 Å². The third kappa shape index (κ3) is 1.94. The summed E-state index contributed by atoms with van der Waals surface area (Å²) < 4.78 is 0. The van der Waals surface area contributed by atoms with Gasteiger partial charge >= 0.3 is 0 Å². The highest BCUT2D eigenvalue weighted by Crippen LogP contribution is 2.26. The van der Waals surface area contributed by atoms with Gasteiger partial charge < -0.3 is 5.73 Å². The molecule has 0 aromatic carbocycles. The second-order valence-corrected chi connectivity index (χ2v) is 3.74. The maximum atomic E-state index is 5.67. The van der Waals surface area contributed by atoms with Crippen LogP contribution in [0.25, 0.3) is 11.1 Å². The Labute approximate surface area is 93.8 Å². The predicted octanol–water partition coefficient (Wildman–Crippen LogP) is 2.32. The number of aromatic nitrogens is 2. The average Bonchev–Trinajstić information content (AvgIpc) is 2.25. The van der Waals surface area contributed by atoms with E-state index in [1.807, 2.05) is 25.1 Å². The molecule has 3 nitrogen and oxygen atoms in total. The van der Waals surface area contributed by atoms with E-state index in [1.165, 1.54) is 0 Å². The van der Waals surface area contributed by atoms with Gasteiger partial charge in [-0.2, -0.15) is 0 Å². The van der Waals surface area contributed by atoms with Crippen LogP contribution in [0.3, 0.4) is 0 Å². The van der Waals surface area contributed by atoms with Crippen LogP contribution in [0.2, 0.25) is 0 Å². The third-order valence-corrected chi connectivity index (χ3v) is 2.57. The molecule has 0 saturated heterocycles. The standard InChI is InChI=1S/C11H11N3S/c1-7-9(6-10(15)11(12)14-7)8-2-4-13-5-3-8/h2-6,15H,1H3,(H2,12,14). The molecule has 0 saturated carbocycles. The van der Waals surface area contributed by atoms with Crippen LogP contribution >= 0.6 is 12.6 Å². The fourth-order valence-corrected chi connectivity index (χ4v) is 1.62. The van der Waals surface area contributed by atoms with Gasteiger partial charge in [0.25, 0.3) is 0 Å². The van der Waals surface area contributed by atoms with Crippen LogP contribution in [-0.2, 0) is 0 Å². The topological polar surface area (TPSA) is 51.8 Å². The summed E-state index contributed by atoms with van der Waals surface area (Å²) in [4.78, 5) is 8.91. The second kappa shape index (κ2) is 3.90. The lowest BCUT2D eigenvalue weighted by atomic mass is 10.1. The summed E-state index contributed by atoms with van der Waals surface area (Å²) in [6, 6.07) is 5.80. The van der Waals surface area contributed by atoms with Crippen LogP contribution in [0.1, 0.15) is 5.69 Å². The van der Waals surface area contributed by atoms with Crippen LogP contribution in [-0.4, -0.2) is 9.97 Å². The number of hydrogen-bond acceptors (Lipinski definition) is 4. The first-order chi connectivity index (χ1) is 7.18. The van der Waals surface area contributed by atoms with Gasteiger partial charge in [-0.3, -0.25) is 4.98 Å². The largest absolute Gasteiger partial charge is 0.383 e. The monoisotopic (exact) mass is 217 g/mol. The molecule has 0 atom stereocenters. The van der Waals surface area contributed by atoms with Crippen molar-refractivity contribution < 1.29 is 0 Å². The van der Waals surface area contributed by atoms with E-state index in [1.54, 1.807) is 12.4 Å². The number of nitrogen functional groups attached to an aromatic ring is 1. The number of aryl methyl sites for hydroxylation is 1. The van der Waals surface area contributed by atoms with E-state index in [4.69, 9.17) is 5.73 Å². The van der Waals surface area contributed by atoms with E-state index >= 15 is 0 Å². The summed E-state index contributed by atoms with van der Waals surface area (Å²) in [6.07, 6.45) is 3.51. The van der Waals surface area contributed by atoms with Gasteiger partial charge in [0.15, 0.2) is 0 Å². The Kier molecular flexibility index (Phi) is 2.60. The van der Waals surface area contributed by atoms with E-state index in [2.05, 4.69) is 22.6 Å². The van der Waals surface area contributed by atoms with E-state index in [0.29, 0.717) is 10.7 Å². The van der Waals surface area contributed by atoms with Gasteiger partial charge in [-0.15, -0.1) is 12.6 Å². The highest BCUT2D eigenvalue weighted by Gasteiger charge is 2.06. The van der Waals surface area contributed by atoms with Crippen LogP contribution in [0.4, 0.5) is 5.82 Å². The molecule has 4 heteroatoms. The first kappa shape index (κ1) is 9.98. The van der Waals surface area contributed by atoms with Crippen molar-refractivity contribution in [3.8, 4) is 11.1 Å². The highest BCUT2D eigenvalue weighted by atomic mass is 32.1. The number of hydrogen-bond donors (Lipinski definition) is 2. The second-order valence-electron chi connectivity index (χ2n) is 3.26. The summed E-state index contributed by atoms with van der Waals surface area (Å²) in [5, 5.41) is 0. The van der Waals surface area contributed by atoms with Crippen LogP contribution in [0.15, 0.2) is 35.5 Å². The molecule has 76 valence electrons. The Morgan fingerprint density at radius 2 is 1.93 bits per heavy atom. The van der Waals surface area contributed by atoms with Gasteiger partial charge in [0.2, 0.25) is 0 Å². The van der Waals surface area contributed by atoms with Gasteiger partial charge in [0.1, 0.15) is 5.82 Å². The number of nitrogens with two attached hydrogens (primary N) is 1. The highest BCUT2D eigenvalue weighted by molar-refractivity contribution is 7.80. The minimum atomic E-state index is 0.466. The van der Waals surface area contributed by atoms with Crippen LogP contribution in [0, 0.1) is 6.92 Å². The van der Waals surface area contributed by atoms with Crippen molar-refractivity contribution in [1.82, 2.24) is 9.97 Å². The number of thiol groups is 1. The van der Waals surface area contributed by atoms with Crippen molar-refractivity contribution in [2.45, 2.75) is 11.8 Å². The Balaban J connectivity index is 2.59. The van der Waals surface area contributed by atoms with Crippen molar-refractivity contribution in [1.29, 1.82) is 0 Å². The Morgan fingerprint density at radius 1 is 1.27 bits per heavy atom. The van der Waals surface area contributed by atoms with Crippen molar-refractivity contribution in [3.05, 3.63) is 36.3 Å². The molecule has 0 aliphatic carbocycles. The first-order valence-corrected chi connectivity index (χ1v) is 4.99. The number of pyridine rings is 2. The molecule has 2 N–H and O–H groups in total. The zero-order chi connectivity index (χ0) is 10.8. The van der Waals surface area contributed by atoms with Gasteiger partial charge in [-0.05, 0) is 30.7 Å². The van der Waals surface area contributed by atoms with Crippen LogP contribution < -0.4 is 5.73 Å². The molecule has 15 heavy (non-hydrogen) atoms. The minimum Gasteiger partial charge on any atom is -0.383 e. The Morgan fingerprint density at radius 3 is 2.60 bits per heavy atom. The summed E-state index contributed by atoms with van der Waals surface area (Å²) >= 11 is 4.26. The maximum absolute atomic E-state index is 5.67. The van der Waals surface area contributed by atoms with Gasteiger partial charge in [-0.25, -0.2) is 4.98 Å². The first-order valence-electron chi connectivity index (χ1n) is 4.55. The number of anilines is 1. The molecule has 0 bridgehead atoms. The Hall–Kier alpha value is -1.55. The molecule has 2 aromatic heterocycles. The lowest BCUT2D eigenvalue weighted by molar-refractivity contribution is 1.16. The zero-order valence-corrected chi connectivity index (χ0v) is 9.20. The van der Waals surface area contributed by atoms with Crippen molar-refractivity contribution in [3.63, 3.8) is 0 Å². The normalized spacial score (nSPS) is 10.3. The lowest BCUT2D eigenvalue weighted by Gasteiger charge is -2.07. The lowest BCUT2D eigenvalue weighted by Crippen LogP contribution is -1.96. The third-order valence-electron chi connectivity index (χ3n) is 2.21. The Bertz CT molecular complexity index is 483. The predicted molar refractivity (Wildman–Crippen MR) is 63.9 cm³/mol. The van der Waals surface area contributed by atoms with Crippen molar-refractivity contribution in [2.75, 3.05) is 5.73 Å². The fourth-order valence-electron chi connectivity index (χ4n) is 1.44. The summed E-state index contributed by atoms with van der Waals surface area (Å²) in [7, 11) is 0. The molecule has 0 unspecified atom stereocenters.